The van der Waals surface area contributed by atoms with Gasteiger partial charge in [-0.15, -0.1) is 11.3 Å². The van der Waals surface area contributed by atoms with Crippen LogP contribution in [0, 0.1) is 0 Å². The maximum atomic E-state index is 5.92. The van der Waals surface area contributed by atoms with Crippen molar-refractivity contribution in [3.63, 3.8) is 0 Å². The molecule has 1 fully saturated rings. The number of nitrogens with zero attached hydrogens (tertiary/aromatic N) is 1. The predicted octanol–water partition coefficient (Wildman–Crippen LogP) is 2.71. The molecular weight excluding hydrogens is 228 g/mol. The number of thiophene rings is 1. The first kappa shape index (κ1) is 11.4. The van der Waals surface area contributed by atoms with E-state index in [2.05, 4.69) is 11.0 Å². The molecule has 0 bridgehead atoms. The average molecular weight is 245 g/mol. The van der Waals surface area contributed by atoms with E-state index in [4.69, 9.17) is 17.3 Å². The lowest BCUT2D eigenvalue weighted by Gasteiger charge is -2.34. The summed E-state index contributed by atoms with van der Waals surface area (Å²) in [7, 11) is 0. The molecule has 1 aliphatic rings. The number of halogens is 1. The Balaban J connectivity index is 1.97. The van der Waals surface area contributed by atoms with E-state index in [0.717, 1.165) is 18.1 Å². The van der Waals surface area contributed by atoms with Crippen LogP contribution < -0.4 is 5.73 Å². The first-order valence-electron chi connectivity index (χ1n) is 5.46. The van der Waals surface area contributed by atoms with Crippen molar-refractivity contribution in [3.05, 3.63) is 21.3 Å². The summed E-state index contributed by atoms with van der Waals surface area (Å²) in [6.45, 7) is 2.97. The molecule has 1 aromatic rings. The molecule has 1 atom stereocenters. The van der Waals surface area contributed by atoms with Crippen molar-refractivity contribution in [3.8, 4) is 0 Å². The third-order valence-corrected chi connectivity index (χ3v) is 4.27. The van der Waals surface area contributed by atoms with E-state index in [0.29, 0.717) is 6.04 Å². The topological polar surface area (TPSA) is 29.3 Å². The maximum Gasteiger partial charge on any atom is 0.0516 e. The SMILES string of the molecule is NCC1CCCCN1Cc1cc(Cl)cs1. The molecule has 0 saturated carbocycles. The highest BCUT2D eigenvalue weighted by molar-refractivity contribution is 7.10. The summed E-state index contributed by atoms with van der Waals surface area (Å²) >= 11 is 7.66. The van der Waals surface area contributed by atoms with Crippen LogP contribution in [-0.2, 0) is 6.54 Å². The van der Waals surface area contributed by atoms with E-state index < -0.39 is 0 Å². The van der Waals surface area contributed by atoms with Gasteiger partial charge in [-0.3, -0.25) is 4.90 Å². The van der Waals surface area contributed by atoms with Crippen molar-refractivity contribution in [2.75, 3.05) is 13.1 Å². The first-order valence-corrected chi connectivity index (χ1v) is 6.72. The van der Waals surface area contributed by atoms with Crippen molar-refractivity contribution in [2.24, 2.45) is 5.73 Å². The van der Waals surface area contributed by atoms with Gasteiger partial charge >= 0.3 is 0 Å². The summed E-state index contributed by atoms with van der Waals surface area (Å²) in [6, 6.07) is 2.63. The molecular formula is C11H17ClN2S. The van der Waals surface area contributed by atoms with Gasteiger partial charge in [-0.25, -0.2) is 0 Å². The first-order chi connectivity index (χ1) is 7.29. The fourth-order valence-corrected chi connectivity index (χ4v) is 3.27. The third-order valence-electron chi connectivity index (χ3n) is 3.00. The van der Waals surface area contributed by atoms with Crippen molar-refractivity contribution >= 4 is 22.9 Å². The van der Waals surface area contributed by atoms with Crippen molar-refractivity contribution in [1.29, 1.82) is 0 Å². The Hall–Kier alpha value is -0.0900. The average Bonchev–Trinajstić information content (AvgIpc) is 2.65. The molecule has 1 unspecified atom stereocenters. The summed E-state index contributed by atoms with van der Waals surface area (Å²) in [5, 5.41) is 2.86. The van der Waals surface area contributed by atoms with E-state index in [-0.39, 0.29) is 0 Å². The van der Waals surface area contributed by atoms with Crippen LogP contribution in [0.25, 0.3) is 0 Å². The molecule has 15 heavy (non-hydrogen) atoms. The highest BCUT2D eigenvalue weighted by atomic mass is 35.5. The highest BCUT2D eigenvalue weighted by Crippen LogP contribution is 2.24. The fraction of sp³-hybridized carbons (Fsp3) is 0.636. The third kappa shape index (κ3) is 2.94. The fourth-order valence-electron chi connectivity index (χ4n) is 2.17. The van der Waals surface area contributed by atoms with Gasteiger partial charge in [0.1, 0.15) is 0 Å². The van der Waals surface area contributed by atoms with Gasteiger partial charge in [0.15, 0.2) is 0 Å². The molecule has 0 aromatic carbocycles. The Kier molecular flexibility index (Phi) is 4.03. The van der Waals surface area contributed by atoms with Crippen LogP contribution in [0.15, 0.2) is 11.4 Å². The maximum absolute atomic E-state index is 5.92. The molecule has 0 radical (unpaired) electrons. The summed E-state index contributed by atoms with van der Waals surface area (Å²) < 4.78 is 0. The van der Waals surface area contributed by atoms with Crippen LogP contribution in [0.4, 0.5) is 0 Å². The lowest BCUT2D eigenvalue weighted by molar-refractivity contribution is 0.146. The molecule has 84 valence electrons. The van der Waals surface area contributed by atoms with Gasteiger partial charge in [0, 0.05) is 29.4 Å². The van der Waals surface area contributed by atoms with Crippen molar-refractivity contribution in [2.45, 2.75) is 31.8 Å². The Morgan fingerprint density at radius 2 is 2.40 bits per heavy atom. The zero-order valence-corrected chi connectivity index (χ0v) is 10.4. The van der Waals surface area contributed by atoms with Gasteiger partial charge in [0.25, 0.3) is 0 Å². The van der Waals surface area contributed by atoms with Gasteiger partial charge in [-0.05, 0) is 25.5 Å². The molecule has 0 spiro atoms. The number of likely N-dealkylation sites (tertiary alicyclic amines) is 1. The number of hydrogen-bond donors (Lipinski definition) is 1. The number of hydrogen-bond acceptors (Lipinski definition) is 3. The number of piperidine rings is 1. The molecule has 1 aromatic heterocycles. The molecule has 0 amide bonds. The van der Waals surface area contributed by atoms with Crippen LogP contribution in [0.3, 0.4) is 0 Å². The van der Waals surface area contributed by atoms with Crippen LogP contribution in [0.5, 0.6) is 0 Å². The minimum atomic E-state index is 0.569. The monoisotopic (exact) mass is 244 g/mol. The standard InChI is InChI=1S/C11H17ClN2S/c12-9-5-11(15-8-9)7-14-4-2-1-3-10(14)6-13/h5,8,10H,1-4,6-7,13H2. The second-order valence-corrected chi connectivity index (χ2v) is 5.52. The van der Waals surface area contributed by atoms with Gasteiger partial charge < -0.3 is 5.73 Å². The lowest BCUT2D eigenvalue weighted by Crippen LogP contribution is -2.43. The normalized spacial score (nSPS) is 23.2. The van der Waals surface area contributed by atoms with Crippen LogP contribution in [-0.4, -0.2) is 24.0 Å². The quantitative estimate of drug-likeness (QED) is 0.886. The molecule has 1 aliphatic heterocycles. The van der Waals surface area contributed by atoms with Crippen LogP contribution in [0.1, 0.15) is 24.1 Å². The van der Waals surface area contributed by atoms with Crippen LogP contribution >= 0.6 is 22.9 Å². The van der Waals surface area contributed by atoms with E-state index in [1.165, 1.54) is 30.7 Å². The van der Waals surface area contributed by atoms with Gasteiger partial charge in [0.2, 0.25) is 0 Å². The predicted molar refractivity (Wildman–Crippen MR) is 66.4 cm³/mol. The van der Waals surface area contributed by atoms with Gasteiger partial charge in [0.05, 0.1) is 5.02 Å². The Bertz CT molecular complexity index is 313. The summed E-state index contributed by atoms with van der Waals surface area (Å²) in [6.07, 6.45) is 3.87. The minimum Gasteiger partial charge on any atom is -0.329 e. The smallest absolute Gasteiger partial charge is 0.0516 e. The molecule has 0 aliphatic carbocycles. The zero-order valence-electron chi connectivity index (χ0n) is 8.79. The summed E-state index contributed by atoms with van der Waals surface area (Å²) in [5.74, 6) is 0. The second-order valence-electron chi connectivity index (χ2n) is 4.09. The Morgan fingerprint density at radius 3 is 3.07 bits per heavy atom. The summed E-state index contributed by atoms with van der Waals surface area (Å²) in [5.41, 5.74) is 5.79. The van der Waals surface area contributed by atoms with Crippen LogP contribution in [0.2, 0.25) is 5.02 Å². The Morgan fingerprint density at radius 1 is 1.53 bits per heavy atom. The van der Waals surface area contributed by atoms with E-state index in [9.17, 15) is 0 Å². The molecule has 2 heterocycles. The molecule has 1 saturated heterocycles. The van der Waals surface area contributed by atoms with Gasteiger partial charge in [-0.2, -0.15) is 0 Å². The van der Waals surface area contributed by atoms with Gasteiger partial charge in [-0.1, -0.05) is 18.0 Å². The largest absolute Gasteiger partial charge is 0.329 e. The lowest BCUT2D eigenvalue weighted by atomic mass is 10.0. The molecule has 2 nitrogen and oxygen atoms in total. The summed E-state index contributed by atoms with van der Waals surface area (Å²) in [4.78, 5) is 3.84. The van der Waals surface area contributed by atoms with E-state index in [1.807, 2.05) is 5.38 Å². The Labute approximate surface area is 100 Å². The van der Waals surface area contributed by atoms with Crippen molar-refractivity contribution in [1.82, 2.24) is 4.90 Å². The number of nitrogens with two attached hydrogens (primary N) is 1. The zero-order chi connectivity index (χ0) is 10.7. The van der Waals surface area contributed by atoms with E-state index >= 15 is 0 Å². The van der Waals surface area contributed by atoms with Crippen molar-refractivity contribution < 1.29 is 0 Å². The number of rotatable bonds is 3. The highest BCUT2D eigenvalue weighted by Gasteiger charge is 2.21. The second kappa shape index (κ2) is 5.30. The molecule has 2 N–H and O–H groups in total. The minimum absolute atomic E-state index is 0.569. The van der Waals surface area contributed by atoms with E-state index in [1.54, 1.807) is 11.3 Å². The molecule has 4 heteroatoms. The molecule has 2 rings (SSSR count).